The largest absolute Gasteiger partial charge is 0.323 e. The molecule has 1 atom stereocenters. The standard InChI is InChI=1S/C21H21Cl2N3OS2/c1-21(2,3)11-4-6-13-15(10-24)19(29-17(13)8-11)26-20(28)25-18(27)14-9-12(22)5-7-16(14)23/h5,7,9,11H,4,6,8H2,1-3H3,(H2,25,26,27,28). The summed E-state index contributed by atoms with van der Waals surface area (Å²) in [6.07, 6.45) is 2.91. The van der Waals surface area contributed by atoms with E-state index in [1.165, 1.54) is 10.9 Å². The number of nitrogens with one attached hydrogen (secondary N) is 2. The zero-order valence-corrected chi connectivity index (χ0v) is 19.5. The minimum atomic E-state index is -0.456. The summed E-state index contributed by atoms with van der Waals surface area (Å²) in [5.41, 5.74) is 2.19. The van der Waals surface area contributed by atoms with E-state index in [1.54, 1.807) is 23.5 Å². The maximum absolute atomic E-state index is 12.5. The summed E-state index contributed by atoms with van der Waals surface area (Å²) in [6, 6.07) is 6.95. The van der Waals surface area contributed by atoms with E-state index in [0.717, 1.165) is 24.8 Å². The van der Waals surface area contributed by atoms with Crippen molar-refractivity contribution in [1.82, 2.24) is 5.32 Å². The Morgan fingerprint density at radius 2 is 2.07 bits per heavy atom. The fourth-order valence-electron chi connectivity index (χ4n) is 3.51. The van der Waals surface area contributed by atoms with Gasteiger partial charge in [-0.15, -0.1) is 11.3 Å². The number of rotatable bonds is 2. The van der Waals surface area contributed by atoms with Gasteiger partial charge in [0.2, 0.25) is 0 Å². The van der Waals surface area contributed by atoms with Gasteiger partial charge in [0.05, 0.1) is 16.1 Å². The van der Waals surface area contributed by atoms with Gasteiger partial charge in [-0.1, -0.05) is 44.0 Å². The number of carbonyl (C=O) groups is 1. The van der Waals surface area contributed by atoms with Gasteiger partial charge in [-0.2, -0.15) is 5.26 Å². The molecule has 2 aromatic rings. The highest BCUT2D eigenvalue weighted by molar-refractivity contribution is 7.80. The molecular formula is C21H21Cl2N3OS2. The maximum Gasteiger partial charge on any atom is 0.258 e. The van der Waals surface area contributed by atoms with Gasteiger partial charge in [-0.3, -0.25) is 10.1 Å². The van der Waals surface area contributed by atoms with Crippen molar-refractivity contribution in [2.75, 3.05) is 5.32 Å². The van der Waals surface area contributed by atoms with Crippen molar-refractivity contribution in [2.24, 2.45) is 11.3 Å². The van der Waals surface area contributed by atoms with Crippen molar-refractivity contribution < 1.29 is 4.79 Å². The summed E-state index contributed by atoms with van der Waals surface area (Å²) >= 11 is 18.9. The van der Waals surface area contributed by atoms with Gasteiger partial charge in [0.1, 0.15) is 11.1 Å². The molecule has 2 N–H and O–H groups in total. The molecule has 1 aromatic heterocycles. The number of hydrogen-bond acceptors (Lipinski definition) is 4. The predicted octanol–water partition coefficient (Wildman–Crippen LogP) is 6.20. The van der Waals surface area contributed by atoms with Crippen LogP contribution in [0.15, 0.2) is 18.2 Å². The second-order valence-electron chi connectivity index (χ2n) is 8.16. The Morgan fingerprint density at radius 3 is 2.72 bits per heavy atom. The Bertz CT molecular complexity index is 1020. The number of amides is 1. The molecule has 4 nitrogen and oxygen atoms in total. The van der Waals surface area contributed by atoms with E-state index < -0.39 is 5.91 Å². The van der Waals surface area contributed by atoms with E-state index in [0.29, 0.717) is 21.5 Å². The van der Waals surface area contributed by atoms with Crippen LogP contribution < -0.4 is 10.6 Å². The number of thiophene rings is 1. The molecule has 152 valence electrons. The minimum Gasteiger partial charge on any atom is -0.323 e. The Labute approximate surface area is 190 Å². The number of carbonyl (C=O) groups excluding carboxylic acids is 1. The van der Waals surface area contributed by atoms with Gasteiger partial charge in [0.15, 0.2) is 5.11 Å². The molecule has 0 radical (unpaired) electrons. The van der Waals surface area contributed by atoms with Crippen LogP contribution in [0.5, 0.6) is 0 Å². The molecule has 0 saturated carbocycles. The number of thiocarbonyl (C=S) groups is 1. The van der Waals surface area contributed by atoms with Crippen LogP contribution in [-0.2, 0) is 12.8 Å². The topological polar surface area (TPSA) is 64.9 Å². The number of hydrogen-bond donors (Lipinski definition) is 2. The molecule has 1 amide bonds. The third-order valence-electron chi connectivity index (χ3n) is 5.23. The normalized spacial score (nSPS) is 15.9. The van der Waals surface area contributed by atoms with Gasteiger partial charge in [0.25, 0.3) is 5.91 Å². The summed E-state index contributed by atoms with van der Waals surface area (Å²) in [4.78, 5) is 13.7. The van der Waals surface area contributed by atoms with E-state index in [2.05, 4.69) is 37.5 Å². The van der Waals surface area contributed by atoms with Crippen molar-refractivity contribution in [3.63, 3.8) is 0 Å². The highest BCUT2D eigenvalue weighted by Crippen LogP contribution is 2.43. The molecule has 0 bridgehead atoms. The molecule has 3 rings (SSSR count). The summed E-state index contributed by atoms with van der Waals surface area (Å²) < 4.78 is 0. The highest BCUT2D eigenvalue weighted by Gasteiger charge is 2.32. The van der Waals surface area contributed by atoms with Gasteiger partial charge < -0.3 is 5.32 Å². The first-order valence-corrected chi connectivity index (χ1v) is 11.2. The van der Waals surface area contributed by atoms with Crippen LogP contribution in [0.1, 0.15) is 53.6 Å². The molecule has 1 unspecified atom stereocenters. The van der Waals surface area contributed by atoms with Gasteiger partial charge in [-0.25, -0.2) is 0 Å². The number of nitriles is 1. The van der Waals surface area contributed by atoms with Crippen LogP contribution in [0.4, 0.5) is 5.00 Å². The van der Waals surface area contributed by atoms with E-state index in [4.69, 9.17) is 35.4 Å². The van der Waals surface area contributed by atoms with Gasteiger partial charge >= 0.3 is 0 Å². The number of halogens is 2. The lowest BCUT2D eigenvalue weighted by atomic mass is 9.72. The third kappa shape index (κ3) is 4.92. The SMILES string of the molecule is CC(C)(C)C1CCc2c(sc(NC(=S)NC(=O)c3cc(Cl)ccc3Cl)c2C#N)C1. The lowest BCUT2D eigenvalue weighted by Crippen LogP contribution is -2.34. The van der Waals surface area contributed by atoms with Crippen LogP contribution in [0.2, 0.25) is 10.0 Å². The third-order valence-corrected chi connectivity index (χ3v) is 7.17. The first kappa shape index (κ1) is 22.0. The average molecular weight is 466 g/mol. The molecule has 1 aromatic carbocycles. The van der Waals surface area contributed by atoms with Crippen molar-refractivity contribution in [1.29, 1.82) is 5.26 Å². The highest BCUT2D eigenvalue weighted by atomic mass is 35.5. The molecule has 1 aliphatic rings. The molecular weight excluding hydrogens is 445 g/mol. The first-order chi connectivity index (χ1) is 13.6. The molecule has 29 heavy (non-hydrogen) atoms. The van der Waals surface area contributed by atoms with E-state index in [1.807, 2.05) is 0 Å². The van der Waals surface area contributed by atoms with Crippen LogP contribution in [0.25, 0.3) is 0 Å². The van der Waals surface area contributed by atoms with Crippen molar-refractivity contribution >= 4 is 62.8 Å². The average Bonchev–Trinajstić information content (AvgIpc) is 2.98. The summed E-state index contributed by atoms with van der Waals surface area (Å²) in [5.74, 6) is 0.118. The summed E-state index contributed by atoms with van der Waals surface area (Å²) in [6.45, 7) is 6.77. The van der Waals surface area contributed by atoms with Crippen molar-refractivity contribution in [3.05, 3.63) is 49.8 Å². The second-order valence-corrected chi connectivity index (χ2v) is 10.5. The van der Waals surface area contributed by atoms with Crippen LogP contribution in [-0.4, -0.2) is 11.0 Å². The summed E-state index contributed by atoms with van der Waals surface area (Å²) in [5, 5.41) is 16.8. The van der Waals surface area contributed by atoms with Crippen LogP contribution in [0, 0.1) is 22.7 Å². The Morgan fingerprint density at radius 1 is 1.34 bits per heavy atom. The molecule has 1 aliphatic carbocycles. The Balaban J connectivity index is 1.76. The lowest BCUT2D eigenvalue weighted by Gasteiger charge is -2.33. The number of nitrogens with zero attached hydrogens (tertiary/aromatic N) is 1. The van der Waals surface area contributed by atoms with E-state index >= 15 is 0 Å². The van der Waals surface area contributed by atoms with Gasteiger partial charge in [-0.05, 0) is 66.6 Å². The molecule has 1 heterocycles. The zero-order chi connectivity index (χ0) is 21.3. The second kappa shape index (κ2) is 8.61. The van der Waals surface area contributed by atoms with E-state index in [9.17, 15) is 10.1 Å². The lowest BCUT2D eigenvalue weighted by molar-refractivity contribution is 0.0978. The zero-order valence-electron chi connectivity index (χ0n) is 16.4. The van der Waals surface area contributed by atoms with E-state index in [-0.39, 0.29) is 21.1 Å². The minimum absolute atomic E-state index is 0.119. The maximum atomic E-state index is 12.5. The quantitative estimate of drug-likeness (QED) is 0.517. The fourth-order valence-corrected chi connectivity index (χ4v) is 5.42. The molecule has 0 fully saturated rings. The van der Waals surface area contributed by atoms with Crippen LogP contribution in [0.3, 0.4) is 0 Å². The fraction of sp³-hybridized carbons (Fsp3) is 0.381. The number of fused-ring (bicyclic) bond motifs is 1. The van der Waals surface area contributed by atoms with Crippen molar-refractivity contribution in [2.45, 2.75) is 40.0 Å². The summed E-state index contributed by atoms with van der Waals surface area (Å²) in [7, 11) is 0. The predicted molar refractivity (Wildman–Crippen MR) is 124 cm³/mol. The monoisotopic (exact) mass is 465 g/mol. The molecule has 0 spiro atoms. The molecule has 0 aliphatic heterocycles. The molecule has 8 heteroatoms. The Kier molecular flexibility index (Phi) is 6.54. The molecule has 0 saturated heterocycles. The number of benzene rings is 1. The first-order valence-electron chi connectivity index (χ1n) is 9.22. The number of anilines is 1. The van der Waals surface area contributed by atoms with Crippen molar-refractivity contribution in [3.8, 4) is 6.07 Å². The smallest absolute Gasteiger partial charge is 0.258 e. The van der Waals surface area contributed by atoms with Gasteiger partial charge in [0, 0.05) is 9.90 Å². The Hall–Kier alpha value is -1.65. The van der Waals surface area contributed by atoms with Crippen LogP contribution >= 0.6 is 46.8 Å².